The molecular formula is C10H15I. The van der Waals surface area contributed by atoms with Crippen LogP contribution >= 0.6 is 22.6 Å². The molecule has 0 saturated carbocycles. The molecule has 0 aromatic heterocycles. The molecule has 0 saturated heterocycles. The third-order valence-electron chi connectivity index (χ3n) is 1.54. The van der Waals surface area contributed by atoms with Crippen LogP contribution in [-0.4, -0.2) is 0 Å². The molecule has 0 spiro atoms. The smallest absolute Gasteiger partial charge is 0.0162 e. The zero-order valence-electron chi connectivity index (χ0n) is 7.61. The van der Waals surface area contributed by atoms with Crippen LogP contribution < -0.4 is 0 Å². The van der Waals surface area contributed by atoms with E-state index in [1.807, 2.05) is 13.8 Å². The van der Waals surface area contributed by atoms with Gasteiger partial charge in [-0.15, -0.1) is 0 Å². The van der Waals surface area contributed by atoms with E-state index >= 15 is 0 Å². The summed E-state index contributed by atoms with van der Waals surface area (Å²) >= 11 is 2.35. The largest absolute Gasteiger partial charge is 0.0683 e. The van der Waals surface area contributed by atoms with Gasteiger partial charge in [0.25, 0.3) is 0 Å². The molecule has 0 radical (unpaired) electrons. The van der Waals surface area contributed by atoms with Crippen molar-refractivity contribution in [3.8, 4) is 0 Å². The molecule has 0 atom stereocenters. The normalized spacial score (nSPS) is 8.45. The fourth-order valence-electron chi connectivity index (χ4n) is 0.715. The molecule has 0 aliphatic rings. The Hall–Kier alpha value is -0.0500. The van der Waals surface area contributed by atoms with E-state index in [0.29, 0.717) is 0 Å². The molecule has 0 amide bonds. The molecule has 0 aliphatic heterocycles. The molecule has 0 heterocycles. The molecule has 11 heavy (non-hydrogen) atoms. The van der Waals surface area contributed by atoms with Gasteiger partial charge in [-0.25, -0.2) is 0 Å². The van der Waals surface area contributed by atoms with Crippen LogP contribution in [0.3, 0.4) is 0 Å². The molecule has 1 rings (SSSR count). The highest BCUT2D eigenvalue weighted by Gasteiger charge is 1.93. The first-order valence-electron chi connectivity index (χ1n) is 3.93. The number of halogens is 1. The van der Waals surface area contributed by atoms with E-state index in [1.54, 1.807) is 0 Å². The topological polar surface area (TPSA) is 0 Å². The van der Waals surface area contributed by atoms with Crippen molar-refractivity contribution < 1.29 is 0 Å². The maximum atomic E-state index is 2.35. The molecule has 1 aromatic rings. The lowest BCUT2D eigenvalue weighted by molar-refractivity contribution is 1.31. The van der Waals surface area contributed by atoms with Crippen LogP contribution in [0.25, 0.3) is 0 Å². The second-order valence-electron chi connectivity index (χ2n) is 2.18. The SMILES string of the molecule is CC.Cc1cccc(I)c1C. The second kappa shape index (κ2) is 5.58. The molecular weight excluding hydrogens is 247 g/mol. The van der Waals surface area contributed by atoms with Gasteiger partial charge in [0.1, 0.15) is 0 Å². The zero-order valence-corrected chi connectivity index (χ0v) is 9.77. The fraction of sp³-hybridized carbons (Fsp3) is 0.400. The number of hydrogen-bond donors (Lipinski definition) is 0. The average molecular weight is 262 g/mol. The van der Waals surface area contributed by atoms with Crippen LogP contribution in [0, 0.1) is 17.4 Å². The van der Waals surface area contributed by atoms with Gasteiger partial charge in [-0.3, -0.25) is 0 Å². The van der Waals surface area contributed by atoms with Gasteiger partial charge >= 0.3 is 0 Å². The Morgan fingerprint density at radius 3 is 2.00 bits per heavy atom. The van der Waals surface area contributed by atoms with Gasteiger partial charge < -0.3 is 0 Å². The van der Waals surface area contributed by atoms with Crippen LogP contribution in [0.4, 0.5) is 0 Å². The molecule has 1 heteroatoms. The molecule has 1 aromatic carbocycles. The number of benzene rings is 1. The lowest BCUT2D eigenvalue weighted by Crippen LogP contribution is -1.82. The van der Waals surface area contributed by atoms with Gasteiger partial charge in [0, 0.05) is 3.57 Å². The second-order valence-corrected chi connectivity index (χ2v) is 3.34. The fourth-order valence-corrected chi connectivity index (χ4v) is 1.35. The Balaban J connectivity index is 0.000000461. The number of aryl methyl sites for hydroxylation is 1. The van der Waals surface area contributed by atoms with Crippen LogP contribution in [0.15, 0.2) is 18.2 Å². The summed E-state index contributed by atoms with van der Waals surface area (Å²) in [6, 6.07) is 6.35. The van der Waals surface area contributed by atoms with Crippen LogP contribution in [0.2, 0.25) is 0 Å². The van der Waals surface area contributed by atoms with Crippen LogP contribution in [-0.2, 0) is 0 Å². The zero-order chi connectivity index (χ0) is 8.85. The minimum atomic E-state index is 1.35. The Morgan fingerprint density at radius 1 is 1.09 bits per heavy atom. The van der Waals surface area contributed by atoms with E-state index in [1.165, 1.54) is 14.7 Å². The molecule has 0 unspecified atom stereocenters. The van der Waals surface area contributed by atoms with E-state index in [-0.39, 0.29) is 0 Å². The van der Waals surface area contributed by atoms with Crippen molar-refractivity contribution in [3.63, 3.8) is 0 Å². The average Bonchev–Trinajstić information content (AvgIpc) is 2.04. The molecule has 62 valence electrons. The molecule has 0 nitrogen and oxygen atoms in total. The van der Waals surface area contributed by atoms with E-state index in [9.17, 15) is 0 Å². The standard InChI is InChI=1S/C8H9I.C2H6/c1-6-4-3-5-8(9)7(6)2;1-2/h3-5H,1-2H3;1-2H3. The van der Waals surface area contributed by atoms with E-state index in [0.717, 1.165) is 0 Å². The van der Waals surface area contributed by atoms with Crippen molar-refractivity contribution >= 4 is 22.6 Å². The first-order valence-corrected chi connectivity index (χ1v) is 5.01. The summed E-state index contributed by atoms with van der Waals surface area (Å²) in [4.78, 5) is 0. The Morgan fingerprint density at radius 2 is 1.64 bits per heavy atom. The maximum absolute atomic E-state index is 2.35. The summed E-state index contributed by atoms with van der Waals surface area (Å²) in [5.41, 5.74) is 2.78. The van der Waals surface area contributed by atoms with Gasteiger partial charge in [0.2, 0.25) is 0 Å². The van der Waals surface area contributed by atoms with E-state index in [2.05, 4.69) is 54.6 Å². The summed E-state index contributed by atoms with van der Waals surface area (Å²) in [6.07, 6.45) is 0. The third-order valence-corrected chi connectivity index (χ3v) is 2.71. The van der Waals surface area contributed by atoms with Crippen molar-refractivity contribution in [2.75, 3.05) is 0 Å². The minimum absolute atomic E-state index is 1.35. The Labute approximate surface area is 83.2 Å². The summed E-state index contributed by atoms with van der Waals surface area (Å²) in [5, 5.41) is 0. The maximum Gasteiger partial charge on any atom is 0.0162 e. The third kappa shape index (κ3) is 3.23. The van der Waals surface area contributed by atoms with Crippen LogP contribution in [0.5, 0.6) is 0 Å². The summed E-state index contributed by atoms with van der Waals surface area (Å²) < 4.78 is 1.35. The van der Waals surface area contributed by atoms with Gasteiger partial charge in [-0.2, -0.15) is 0 Å². The van der Waals surface area contributed by atoms with Crippen molar-refractivity contribution in [1.82, 2.24) is 0 Å². The predicted octanol–water partition coefficient (Wildman–Crippen LogP) is 3.93. The lowest BCUT2D eigenvalue weighted by atomic mass is 10.1. The van der Waals surface area contributed by atoms with Gasteiger partial charge in [0.05, 0.1) is 0 Å². The summed E-state index contributed by atoms with van der Waals surface area (Å²) in [7, 11) is 0. The molecule has 0 N–H and O–H groups in total. The summed E-state index contributed by atoms with van der Waals surface area (Å²) in [6.45, 7) is 8.29. The van der Waals surface area contributed by atoms with Crippen LogP contribution in [0.1, 0.15) is 25.0 Å². The minimum Gasteiger partial charge on any atom is -0.0683 e. The van der Waals surface area contributed by atoms with Gasteiger partial charge in [-0.05, 0) is 53.6 Å². The van der Waals surface area contributed by atoms with Gasteiger partial charge in [0.15, 0.2) is 0 Å². The highest BCUT2D eigenvalue weighted by molar-refractivity contribution is 14.1. The Bertz CT molecular complexity index is 196. The lowest BCUT2D eigenvalue weighted by Gasteiger charge is -1.99. The van der Waals surface area contributed by atoms with Crippen molar-refractivity contribution in [3.05, 3.63) is 32.9 Å². The highest BCUT2D eigenvalue weighted by atomic mass is 127. The molecule has 0 aliphatic carbocycles. The summed E-state index contributed by atoms with van der Waals surface area (Å²) in [5.74, 6) is 0. The quantitative estimate of drug-likeness (QED) is 0.621. The van der Waals surface area contributed by atoms with E-state index in [4.69, 9.17) is 0 Å². The van der Waals surface area contributed by atoms with Crippen molar-refractivity contribution in [2.45, 2.75) is 27.7 Å². The molecule has 0 bridgehead atoms. The monoisotopic (exact) mass is 262 g/mol. The first kappa shape index (κ1) is 11.0. The first-order chi connectivity index (χ1) is 5.22. The number of rotatable bonds is 0. The Kier molecular flexibility index (Phi) is 5.56. The highest BCUT2D eigenvalue weighted by Crippen LogP contribution is 2.13. The van der Waals surface area contributed by atoms with Crippen molar-refractivity contribution in [1.29, 1.82) is 0 Å². The van der Waals surface area contributed by atoms with Crippen molar-refractivity contribution in [2.24, 2.45) is 0 Å². The predicted molar refractivity (Wildman–Crippen MR) is 60.0 cm³/mol. The molecule has 0 fully saturated rings. The number of hydrogen-bond acceptors (Lipinski definition) is 0. The van der Waals surface area contributed by atoms with Gasteiger partial charge in [-0.1, -0.05) is 26.0 Å². The van der Waals surface area contributed by atoms with E-state index < -0.39 is 0 Å².